The van der Waals surface area contributed by atoms with Gasteiger partial charge in [-0.05, 0) is 23.8 Å². The third-order valence-corrected chi connectivity index (χ3v) is 2.85. The van der Waals surface area contributed by atoms with E-state index in [0.717, 1.165) is 11.3 Å². The van der Waals surface area contributed by atoms with Crippen molar-refractivity contribution in [3.05, 3.63) is 59.7 Å². The Balaban J connectivity index is 2.24. The van der Waals surface area contributed by atoms with Crippen molar-refractivity contribution in [3.8, 4) is 0 Å². The minimum atomic E-state index is -0.256. The number of hydrogen-bond acceptors (Lipinski definition) is 3. The Morgan fingerprint density at radius 1 is 1.28 bits per heavy atom. The number of halogens is 1. The van der Waals surface area contributed by atoms with E-state index in [2.05, 4.69) is 4.98 Å². The van der Waals surface area contributed by atoms with Crippen LogP contribution in [0.3, 0.4) is 0 Å². The summed E-state index contributed by atoms with van der Waals surface area (Å²) in [5, 5.41) is 0. The molecule has 1 aromatic carbocycles. The molecule has 0 spiro atoms. The third-order valence-electron chi connectivity index (χ3n) is 2.85. The van der Waals surface area contributed by atoms with E-state index in [4.69, 9.17) is 5.73 Å². The Kier molecular flexibility index (Phi) is 3.89. The fourth-order valence-electron chi connectivity index (χ4n) is 1.96. The molecule has 2 rings (SSSR count). The molecule has 1 aromatic heterocycles. The summed E-state index contributed by atoms with van der Waals surface area (Å²) in [5.41, 5.74) is 8.05. The minimum absolute atomic E-state index is 0.194. The summed E-state index contributed by atoms with van der Waals surface area (Å²) < 4.78 is 13.6. The maximum absolute atomic E-state index is 13.6. The van der Waals surface area contributed by atoms with Gasteiger partial charge in [0, 0.05) is 43.8 Å². The van der Waals surface area contributed by atoms with Gasteiger partial charge in [0.05, 0.1) is 0 Å². The highest BCUT2D eigenvalue weighted by Gasteiger charge is 2.10. The van der Waals surface area contributed by atoms with E-state index in [1.807, 2.05) is 30.1 Å². The molecule has 0 atom stereocenters. The number of anilines is 1. The van der Waals surface area contributed by atoms with Crippen LogP contribution in [0, 0.1) is 5.82 Å². The molecule has 0 aliphatic carbocycles. The lowest BCUT2D eigenvalue weighted by Gasteiger charge is -2.22. The Bertz CT molecular complexity index is 514. The molecule has 0 unspecified atom stereocenters. The summed E-state index contributed by atoms with van der Waals surface area (Å²) in [4.78, 5) is 6.04. The van der Waals surface area contributed by atoms with Crippen LogP contribution < -0.4 is 10.6 Å². The molecule has 3 nitrogen and oxygen atoms in total. The second-order valence-corrected chi connectivity index (χ2v) is 4.16. The molecule has 0 amide bonds. The molecule has 0 saturated heterocycles. The van der Waals surface area contributed by atoms with Crippen LogP contribution in [0.25, 0.3) is 0 Å². The second-order valence-electron chi connectivity index (χ2n) is 4.16. The van der Waals surface area contributed by atoms with Crippen molar-refractivity contribution in [2.45, 2.75) is 13.1 Å². The van der Waals surface area contributed by atoms with Crippen molar-refractivity contribution in [2.75, 3.05) is 11.9 Å². The molecule has 1 heterocycles. The summed E-state index contributed by atoms with van der Waals surface area (Å²) in [6.07, 6.45) is 3.54. The third kappa shape index (κ3) is 2.65. The fourth-order valence-corrected chi connectivity index (χ4v) is 1.96. The maximum atomic E-state index is 13.6. The van der Waals surface area contributed by atoms with Crippen molar-refractivity contribution in [2.24, 2.45) is 5.73 Å². The topological polar surface area (TPSA) is 42.2 Å². The van der Waals surface area contributed by atoms with Gasteiger partial charge in [-0.1, -0.05) is 12.1 Å². The highest BCUT2D eigenvalue weighted by molar-refractivity contribution is 5.53. The summed E-state index contributed by atoms with van der Waals surface area (Å²) >= 11 is 0. The zero-order valence-corrected chi connectivity index (χ0v) is 10.3. The van der Waals surface area contributed by atoms with Gasteiger partial charge in [0.15, 0.2) is 0 Å². The Hall–Kier alpha value is -1.94. The average Bonchev–Trinajstić information content (AvgIpc) is 2.39. The van der Waals surface area contributed by atoms with E-state index in [0.29, 0.717) is 12.1 Å². The number of hydrogen-bond donors (Lipinski definition) is 1. The number of aromatic nitrogens is 1. The van der Waals surface area contributed by atoms with Crippen molar-refractivity contribution < 1.29 is 4.39 Å². The predicted octanol–water partition coefficient (Wildman–Crippen LogP) is 2.32. The van der Waals surface area contributed by atoms with Crippen LogP contribution in [-0.2, 0) is 13.1 Å². The van der Waals surface area contributed by atoms with Crippen LogP contribution in [0.5, 0.6) is 0 Å². The highest BCUT2D eigenvalue weighted by atomic mass is 19.1. The van der Waals surface area contributed by atoms with Crippen LogP contribution in [0.15, 0.2) is 42.7 Å². The molecule has 0 aliphatic heterocycles. The number of rotatable bonds is 4. The van der Waals surface area contributed by atoms with Crippen LogP contribution in [0.1, 0.15) is 11.1 Å². The van der Waals surface area contributed by atoms with Gasteiger partial charge in [0.25, 0.3) is 0 Å². The number of nitrogens with zero attached hydrogens (tertiary/aromatic N) is 2. The first-order valence-electron chi connectivity index (χ1n) is 5.80. The molecule has 4 heteroatoms. The summed E-state index contributed by atoms with van der Waals surface area (Å²) in [6, 6.07) is 8.89. The monoisotopic (exact) mass is 245 g/mol. The molecule has 0 fully saturated rings. The second kappa shape index (κ2) is 5.60. The van der Waals surface area contributed by atoms with Crippen LogP contribution in [-0.4, -0.2) is 12.0 Å². The van der Waals surface area contributed by atoms with E-state index in [1.165, 1.54) is 6.07 Å². The average molecular weight is 245 g/mol. The van der Waals surface area contributed by atoms with Gasteiger partial charge in [-0.15, -0.1) is 0 Å². The SMILES string of the molecule is CN(Cc1cccnc1)c1cccc(F)c1CN. The van der Waals surface area contributed by atoms with Crippen molar-refractivity contribution >= 4 is 5.69 Å². The Morgan fingerprint density at radius 2 is 2.11 bits per heavy atom. The number of pyridine rings is 1. The van der Waals surface area contributed by atoms with Gasteiger partial charge in [-0.2, -0.15) is 0 Å². The minimum Gasteiger partial charge on any atom is -0.370 e. The van der Waals surface area contributed by atoms with Gasteiger partial charge < -0.3 is 10.6 Å². The van der Waals surface area contributed by atoms with Crippen LogP contribution in [0.2, 0.25) is 0 Å². The van der Waals surface area contributed by atoms with E-state index in [-0.39, 0.29) is 12.4 Å². The quantitative estimate of drug-likeness (QED) is 0.898. The lowest BCUT2D eigenvalue weighted by Crippen LogP contribution is -2.19. The van der Waals surface area contributed by atoms with Gasteiger partial charge in [0.2, 0.25) is 0 Å². The smallest absolute Gasteiger partial charge is 0.129 e. The maximum Gasteiger partial charge on any atom is 0.129 e. The van der Waals surface area contributed by atoms with Gasteiger partial charge in [-0.3, -0.25) is 4.98 Å². The highest BCUT2D eigenvalue weighted by Crippen LogP contribution is 2.23. The molecule has 94 valence electrons. The van der Waals surface area contributed by atoms with E-state index in [9.17, 15) is 4.39 Å². The van der Waals surface area contributed by atoms with Crippen LogP contribution in [0.4, 0.5) is 10.1 Å². The van der Waals surface area contributed by atoms with Crippen molar-refractivity contribution in [1.82, 2.24) is 4.98 Å². The lowest BCUT2D eigenvalue weighted by molar-refractivity contribution is 0.609. The Labute approximate surface area is 106 Å². The number of benzene rings is 1. The molecule has 18 heavy (non-hydrogen) atoms. The molecule has 0 radical (unpaired) electrons. The molecule has 2 aromatic rings. The standard InChI is InChI=1S/C14H16FN3/c1-18(10-11-4-3-7-17-9-11)14-6-2-5-13(15)12(14)8-16/h2-7,9H,8,10,16H2,1H3. The van der Waals surface area contributed by atoms with E-state index >= 15 is 0 Å². The van der Waals surface area contributed by atoms with Crippen molar-refractivity contribution in [1.29, 1.82) is 0 Å². The molecular formula is C14H16FN3. The number of nitrogens with two attached hydrogens (primary N) is 1. The normalized spacial score (nSPS) is 10.4. The summed E-state index contributed by atoms with van der Waals surface area (Å²) in [7, 11) is 1.92. The van der Waals surface area contributed by atoms with E-state index < -0.39 is 0 Å². The van der Waals surface area contributed by atoms with Gasteiger partial charge in [-0.25, -0.2) is 4.39 Å². The Morgan fingerprint density at radius 3 is 2.78 bits per heavy atom. The fraction of sp³-hybridized carbons (Fsp3) is 0.214. The molecule has 0 aliphatic rings. The molecular weight excluding hydrogens is 229 g/mol. The first-order valence-corrected chi connectivity index (χ1v) is 5.80. The predicted molar refractivity (Wildman–Crippen MR) is 70.6 cm³/mol. The molecule has 0 bridgehead atoms. The first kappa shape index (κ1) is 12.5. The molecule has 0 saturated carbocycles. The largest absolute Gasteiger partial charge is 0.370 e. The van der Waals surface area contributed by atoms with Gasteiger partial charge in [0.1, 0.15) is 5.82 Å². The van der Waals surface area contributed by atoms with Crippen LogP contribution >= 0.6 is 0 Å². The van der Waals surface area contributed by atoms with Gasteiger partial charge >= 0.3 is 0 Å². The van der Waals surface area contributed by atoms with E-state index in [1.54, 1.807) is 18.5 Å². The first-order chi connectivity index (χ1) is 8.72. The molecule has 2 N–H and O–H groups in total. The van der Waals surface area contributed by atoms with Crippen molar-refractivity contribution in [3.63, 3.8) is 0 Å². The zero-order chi connectivity index (χ0) is 13.0. The zero-order valence-electron chi connectivity index (χ0n) is 10.3. The summed E-state index contributed by atoms with van der Waals surface area (Å²) in [6.45, 7) is 0.865. The summed E-state index contributed by atoms with van der Waals surface area (Å²) in [5.74, 6) is -0.256. The lowest BCUT2D eigenvalue weighted by atomic mass is 10.1.